The van der Waals surface area contributed by atoms with Crippen LogP contribution in [0.3, 0.4) is 0 Å². The fourth-order valence-electron chi connectivity index (χ4n) is 1.48. The fourth-order valence-corrected chi connectivity index (χ4v) is 1.48. The molecule has 1 rings (SSSR count). The van der Waals surface area contributed by atoms with Crippen LogP contribution in [0.5, 0.6) is 0 Å². The van der Waals surface area contributed by atoms with E-state index in [1.807, 2.05) is 0 Å². The number of unbranched alkanes of at least 4 members (excludes halogenated alkanes) is 2. The molecule has 65 valence electrons. The van der Waals surface area contributed by atoms with Gasteiger partial charge >= 0.3 is 0 Å². The number of hydrogen-bond donors (Lipinski definition) is 0. The number of rotatable bonds is 5. The van der Waals surface area contributed by atoms with Crippen LogP contribution in [0.2, 0.25) is 0 Å². The predicted molar refractivity (Wildman–Crippen MR) is 47.4 cm³/mol. The van der Waals surface area contributed by atoms with Crippen LogP contribution in [0.15, 0.2) is 0 Å². The Kier molecular flexibility index (Phi) is 4.60. The van der Waals surface area contributed by atoms with Crippen LogP contribution < -0.4 is 0 Å². The van der Waals surface area contributed by atoms with Crippen LogP contribution in [0.25, 0.3) is 0 Å². The molecule has 1 radical (unpaired) electrons. The van der Waals surface area contributed by atoms with Crippen LogP contribution in [-0.4, -0.2) is 12.7 Å². The van der Waals surface area contributed by atoms with E-state index < -0.39 is 0 Å². The van der Waals surface area contributed by atoms with Crippen LogP contribution in [0, 0.1) is 6.42 Å². The zero-order chi connectivity index (χ0) is 7.94. The minimum Gasteiger partial charge on any atom is -0.378 e. The molecule has 1 unspecified atom stereocenters. The second-order valence-electron chi connectivity index (χ2n) is 3.28. The van der Waals surface area contributed by atoms with Gasteiger partial charge in [-0.1, -0.05) is 26.2 Å². The summed E-state index contributed by atoms with van der Waals surface area (Å²) in [4.78, 5) is 0. The molecule has 0 aromatic heterocycles. The molecule has 0 aromatic rings. The van der Waals surface area contributed by atoms with Gasteiger partial charge in [0.05, 0.1) is 6.10 Å². The first-order valence-corrected chi connectivity index (χ1v) is 4.88. The molecule has 0 amide bonds. The van der Waals surface area contributed by atoms with E-state index in [1.54, 1.807) is 0 Å². The lowest BCUT2D eigenvalue weighted by atomic mass is 10.2. The van der Waals surface area contributed by atoms with Crippen molar-refractivity contribution in [3.05, 3.63) is 6.42 Å². The van der Waals surface area contributed by atoms with Gasteiger partial charge in [-0.05, 0) is 25.7 Å². The monoisotopic (exact) mass is 155 g/mol. The maximum Gasteiger partial charge on any atom is 0.0606 e. The standard InChI is InChI=1S/C10H19O/c1-2-3-6-9-11-10-7-4-5-8-10/h7,10H,2-6,8-9H2,1H3. The second kappa shape index (κ2) is 5.59. The highest BCUT2D eigenvalue weighted by molar-refractivity contribution is 4.84. The lowest BCUT2D eigenvalue weighted by molar-refractivity contribution is 0.0766. The second-order valence-corrected chi connectivity index (χ2v) is 3.28. The molecule has 1 nitrogen and oxygen atoms in total. The maximum absolute atomic E-state index is 5.65. The summed E-state index contributed by atoms with van der Waals surface area (Å²) in [7, 11) is 0. The van der Waals surface area contributed by atoms with Gasteiger partial charge in [0.25, 0.3) is 0 Å². The topological polar surface area (TPSA) is 9.23 Å². The van der Waals surface area contributed by atoms with Crippen molar-refractivity contribution in [2.75, 3.05) is 6.61 Å². The normalized spacial score (nSPS) is 19.4. The SMILES string of the molecule is CCCCCOC1[CH]CCC1. The molecular formula is C10H19O. The summed E-state index contributed by atoms with van der Waals surface area (Å²) in [6.07, 6.45) is 10.5. The van der Waals surface area contributed by atoms with Gasteiger partial charge in [0.1, 0.15) is 0 Å². The molecule has 0 heterocycles. The van der Waals surface area contributed by atoms with E-state index in [9.17, 15) is 0 Å². The average Bonchev–Trinajstić information content (AvgIpc) is 2.50. The molecule has 1 saturated carbocycles. The highest BCUT2D eigenvalue weighted by Crippen LogP contribution is 2.19. The van der Waals surface area contributed by atoms with Gasteiger partial charge in [-0.25, -0.2) is 0 Å². The third kappa shape index (κ3) is 3.76. The smallest absolute Gasteiger partial charge is 0.0606 e. The Bertz CT molecular complexity index is 84.9. The van der Waals surface area contributed by atoms with Crippen molar-refractivity contribution >= 4 is 0 Å². The molecule has 0 saturated heterocycles. The van der Waals surface area contributed by atoms with Crippen molar-refractivity contribution in [2.24, 2.45) is 0 Å². The molecule has 1 aliphatic carbocycles. The zero-order valence-electron chi connectivity index (χ0n) is 7.51. The first-order valence-electron chi connectivity index (χ1n) is 4.88. The first kappa shape index (κ1) is 9.05. The fraction of sp³-hybridized carbons (Fsp3) is 0.900. The van der Waals surface area contributed by atoms with E-state index in [0.29, 0.717) is 6.10 Å². The van der Waals surface area contributed by atoms with Crippen molar-refractivity contribution < 1.29 is 4.74 Å². The van der Waals surface area contributed by atoms with Gasteiger partial charge in [0, 0.05) is 6.61 Å². The van der Waals surface area contributed by atoms with Gasteiger partial charge in [-0.2, -0.15) is 0 Å². The predicted octanol–water partition coefficient (Wildman–Crippen LogP) is 2.95. The van der Waals surface area contributed by atoms with Crippen molar-refractivity contribution in [1.82, 2.24) is 0 Å². The Balaban J connectivity index is 1.86. The average molecular weight is 155 g/mol. The molecule has 0 aromatic carbocycles. The summed E-state index contributed by atoms with van der Waals surface area (Å²) in [6, 6.07) is 0. The van der Waals surface area contributed by atoms with E-state index in [0.717, 1.165) is 6.61 Å². The highest BCUT2D eigenvalue weighted by Gasteiger charge is 2.14. The Morgan fingerprint density at radius 2 is 2.36 bits per heavy atom. The lowest BCUT2D eigenvalue weighted by Crippen LogP contribution is -2.08. The Labute approximate surface area is 70.1 Å². The number of ether oxygens (including phenoxy) is 1. The summed E-state index contributed by atoms with van der Waals surface area (Å²) in [6.45, 7) is 3.19. The molecule has 11 heavy (non-hydrogen) atoms. The molecule has 0 spiro atoms. The summed E-state index contributed by atoms with van der Waals surface area (Å²) in [5.74, 6) is 0. The van der Waals surface area contributed by atoms with Crippen LogP contribution in [-0.2, 0) is 4.74 Å². The Hall–Kier alpha value is -0.0400. The van der Waals surface area contributed by atoms with Crippen molar-refractivity contribution in [3.8, 4) is 0 Å². The molecule has 1 fully saturated rings. The van der Waals surface area contributed by atoms with Crippen LogP contribution >= 0.6 is 0 Å². The quantitative estimate of drug-likeness (QED) is 0.555. The summed E-state index contributed by atoms with van der Waals surface area (Å²) in [5, 5.41) is 0. The minimum absolute atomic E-state index is 0.492. The largest absolute Gasteiger partial charge is 0.378 e. The van der Waals surface area contributed by atoms with Gasteiger partial charge in [0.15, 0.2) is 0 Å². The molecule has 0 aliphatic heterocycles. The Morgan fingerprint density at radius 3 is 3.00 bits per heavy atom. The van der Waals surface area contributed by atoms with E-state index >= 15 is 0 Å². The molecular weight excluding hydrogens is 136 g/mol. The van der Waals surface area contributed by atoms with Gasteiger partial charge in [-0.15, -0.1) is 0 Å². The van der Waals surface area contributed by atoms with E-state index in [-0.39, 0.29) is 0 Å². The zero-order valence-corrected chi connectivity index (χ0v) is 7.51. The molecule has 1 aliphatic rings. The molecule has 0 bridgehead atoms. The van der Waals surface area contributed by atoms with E-state index in [2.05, 4.69) is 13.3 Å². The van der Waals surface area contributed by atoms with Crippen molar-refractivity contribution in [2.45, 2.75) is 51.6 Å². The van der Waals surface area contributed by atoms with Gasteiger partial charge in [0.2, 0.25) is 0 Å². The summed E-state index contributed by atoms with van der Waals surface area (Å²) < 4.78 is 5.65. The lowest BCUT2D eigenvalue weighted by Gasteiger charge is -2.09. The molecule has 1 atom stereocenters. The summed E-state index contributed by atoms with van der Waals surface area (Å²) in [5.41, 5.74) is 0. The van der Waals surface area contributed by atoms with E-state index in [1.165, 1.54) is 38.5 Å². The third-order valence-corrected chi connectivity index (χ3v) is 2.20. The van der Waals surface area contributed by atoms with Crippen molar-refractivity contribution in [1.29, 1.82) is 0 Å². The summed E-state index contributed by atoms with van der Waals surface area (Å²) >= 11 is 0. The first-order chi connectivity index (χ1) is 5.43. The van der Waals surface area contributed by atoms with Crippen molar-refractivity contribution in [3.63, 3.8) is 0 Å². The number of hydrogen-bond acceptors (Lipinski definition) is 1. The van der Waals surface area contributed by atoms with Crippen LogP contribution in [0.1, 0.15) is 45.4 Å². The molecule has 1 heteroatoms. The van der Waals surface area contributed by atoms with Gasteiger partial charge < -0.3 is 4.74 Å². The maximum atomic E-state index is 5.65. The van der Waals surface area contributed by atoms with Crippen LogP contribution in [0.4, 0.5) is 0 Å². The third-order valence-electron chi connectivity index (χ3n) is 2.20. The minimum atomic E-state index is 0.492. The van der Waals surface area contributed by atoms with Gasteiger partial charge in [-0.3, -0.25) is 0 Å². The Morgan fingerprint density at radius 1 is 1.45 bits per heavy atom. The van der Waals surface area contributed by atoms with E-state index in [4.69, 9.17) is 4.74 Å². The molecule has 0 N–H and O–H groups in total. The highest BCUT2D eigenvalue weighted by atomic mass is 16.5.